The number of hydrogen-bond acceptors (Lipinski definition) is 4. The van der Waals surface area contributed by atoms with Gasteiger partial charge in [-0.3, -0.25) is 9.59 Å². The highest BCUT2D eigenvalue weighted by molar-refractivity contribution is 6.09. The summed E-state index contributed by atoms with van der Waals surface area (Å²) < 4.78 is 51.4. The summed E-state index contributed by atoms with van der Waals surface area (Å²) in [7, 11) is 0. The molecule has 1 N–H and O–H groups in total. The van der Waals surface area contributed by atoms with Gasteiger partial charge < -0.3 is 19.7 Å². The second kappa shape index (κ2) is 7.12. The van der Waals surface area contributed by atoms with E-state index in [9.17, 15) is 22.8 Å². The van der Waals surface area contributed by atoms with Crippen LogP contribution in [0.15, 0.2) is 12.1 Å². The Bertz CT molecular complexity index is 753. The van der Waals surface area contributed by atoms with Crippen LogP contribution in [0.5, 0.6) is 0 Å². The molecule has 3 rings (SSSR count). The van der Waals surface area contributed by atoms with Crippen LogP contribution < -0.4 is 5.32 Å². The fourth-order valence-electron chi connectivity index (χ4n) is 3.23. The fourth-order valence-corrected chi connectivity index (χ4v) is 3.23. The number of carbonyl (C=O) groups is 2. The summed E-state index contributed by atoms with van der Waals surface area (Å²) in [6, 6.07) is 1.61. The van der Waals surface area contributed by atoms with Gasteiger partial charge in [0, 0.05) is 25.9 Å². The van der Waals surface area contributed by atoms with Gasteiger partial charge >= 0.3 is 0 Å². The number of piperidine rings is 1. The van der Waals surface area contributed by atoms with Crippen molar-refractivity contribution in [3.63, 3.8) is 0 Å². The number of carbonyl (C=O) groups excluding carboxylic acids is 2. The zero-order chi connectivity index (χ0) is 19.8. The van der Waals surface area contributed by atoms with E-state index in [1.807, 2.05) is 0 Å². The second-order valence-electron chi connectivity index (χ2n) is 7.20. The van der Waals surface area contributed by atoms with Gasteiger partial charge in [0.25, 0.3) is 0 Å². The number of nitrogens with zero attached hydrogens (tertiary/aromatic N) is 1. The summed E-state index contributed by atoms with van der Waals surface area (Å²) in [6.45, 7) is 4.54. The molecular weight excluding hydrogens is 365 g/mol. The predicted molar refractivity (Wildman–Crippen MR) is 89.2 cm³/mol. The Morgan fingerprint density at radius 2 is 1.67 bits per heavy atom. The zero-order valence-electron chi connectivity index (χ0n) is 15.1. The zero-order valence-corrected chi connectivity index (χ0v) is 15.1. The molecule has 9 heteroatoms. The van der Waals surface area contributed by atoms with Crippen LogP contribution in [0, 0.1) is 22.9 Å². The monoisotopic (exact) mass is 386 g/mol. The Morgan fingerprint density at radius 3 is 2.26 bits per heavy atom. The molecule has 0 unspecified atom stereocenters. The number of anilines is 1. The topological polar surface area (TPSA) is 67.9 Å². The molecule has 6 nitrogen and oxygen atoms in total. The number of ether oxygens (including phenoxy) is 2. The van der Waals surface area contributed by atoms with Crippen LogP contribution in [0.2, 0.25) is 0 Å². The van der Waals surface area contributed by atoms with Gasteiger partial charge in [0.1, 0.15) is 5.41 Å². The van der Waals surface area contributed by atoms with Crippen LogP contribution in [-0.2, 0) is 19.1 Å². The van der Waals surface area contributed by atoms with Crippen molar-refractivity contribution in [2.24, 2.45) is 5.41 Å². The number of hydrogen-bond donors (Lipinski definition) is 1. The number of likely N-dealkylation sites (tertiary alicyclic amines) is 1. The number of benzene rings is 1. The highest BCUT2D eigenvalue weighted by Gasteiger charge is 2.45. The molecule has 2 aliphatic rings. The minimum atomic E-state index is -1.69. The van der Waals surface area contributed by atoms with Gasteiger partial charge in [-0.15, -0.1) is 0 Å². The first kappa shape index (κ1) is 19.6. The van der Waals surface area contributed by atoms with E-state index in [0.717, 1.165) is 6.07 Å². The van der Waals surface area contributed by atoms with E-state index in [1.165, 1.54) is 18.7 Å². The molecule has 27 heavy (non-hydrogen) atoms. The smallest absolute Gasteiger partial charge is 0.239 e. The molecule has 2 saturated heterocycles. The molecular formula is C18H21F3N2O4. The lowest BCUT2D eigenvalue weighted by Gasteiger charge is -2.40. The van der Waals surface area contributed by atoms with Crippen LogP contribution in [0.1, 0.15) is 26.7 Å². The van der Waals surface area contributed by atoms with Crippen molar-refractivity contribution in [3.05, 3.63) is 29.6 Å². The number of halogens is 3. The minimum Gasteiger partial charge on any atom is -0.347 e. The summed E-state index contributed by atoms with van der Waals surface area (Å²) in [5, 5.41) is 2.17. The van der Waals surface area contributed by atoms with Gasteiger partial charge in [0.15, 0.2) is 23.2 Å². The van der Waals surface area contributed by atoms with Crippen molar-refractivity contribution in [3.8, 4) is 0 Å². The number of rotatable bonds is 3. The third-order valence-electron chi connectivity index (χ3n) is 5.01. The van der Waals surface area contributed by atoms with Crippen LogP contribution in [0.4, 0.5) is 18.9 Å². The summed E-state index contributed by atoms with van der Waals surface area (Å²) in [6.07, 6.45) is 0.989. The first-order valence-corrected chi connectivity index (χ1v) is 8.68. The third-order valence-corrected chi connectivity index (χ3v) is 5.01. The minimum absolute atomic E-state index is 0.356. The highest BCUT2D eigenvalue weighted by atomic mass is 19.2. The number of amides is 2. The summed E-state index contributed by atoms with van der Waals surface area (Å²) >= 11 is 0. The van der Waals surface area contributed by atoms with Crippen molar-refractivity contribution in [1.82, 2.24) is 4.90 Å². The van der Waals surface area contributed by atoms with Gasteiger partial charge in [-0.25, -0.2) is 13.2 Å². The maximum absolute atomic E-state index is 13.8. The Kier molecular flexibility index (Phi) is 5.18. The third kappa shape index (κ3) is 3.66. The van der Waals surface area contributed by atoms with Gasteiger partial charge in [0.05, 0.1) is 18.9 Å². The molecule has 2 heterocycles. The molecule has 0 radical (unpaired) electrons. The quantitative estimate of drug-likeness (QED) is 0.640. The molecule has 1 aromatic carbocycles. The Labute approximate surface area is 154 Å². The van der Waals surface area contributed by atoms with Crippen LogP contribution in [-0.4, -0.2) is 48.8 Å². The van der Waals surface area contributed by atoms with Gasteiger partial charge in [-0.2, -0.15) is 0 Å². The standard InChI is InChI=1S/C18H21F3N2O4/c1-17(2,15(24)22-12-4-3-11(19)13(20)14(12)21)16(25)23-7-5-18(6-8-23)26-9-10-27-18/h3-4H,5-10H2,1-2H3,(H,22,24). The largest absolute Gasteiger partial charge is 0.347 e. The van der Waals surface area contributed by atoms with Crippen molar-refractivity contribution in [1.29, 1.82) is 0 Å². The predicted octanol–water partition coefficient (Wildman–Crippen LogP) is 2.43. The average molecular weight is 386 g/mol. The average Bonchev–Trinajstić information content (AvgIpc) is 3.10. The Balaban J connectivity index is 1.67. The van der Waals surface area contributed by atoms with Crippen molar-refractivity contribution < 1.29 is 32.2 Å². The second-order valence-corrected chi connectivity index (χ2v) is 7.20. The van der Waals surface area contributed by atoms with Gasteiger partial charge in [0.2, 0.25) is 11.8 Å². The molecule has 0 atom stereocenters. The lowest BCUT2D eigenvalue weighted by molar-refractivity contribution is -0.189. The SMILES string of the molecule is CC(C)(C(=O)Nc1ccc(F)c(F)c1F)C(=O)N1CCC2(CC1)OCCO2. The molecule has 148 valence electrons. The molecule has 0 aliphatic carbocycles. The van der Waals surface area contributed by atoms with Crippen LogP contribution in [0.3, 0.4) is 0 Å². The van der Waals surface area contributed by atoms with E-state index in [-0.39, 0.29) is 0 Å². The fraction of sp³-hybridized carbons (Fsp3) is 0.556. The van der Waals surface area contributed by atoms with Crippen molar-refractivity contribution in [2.45, 2.75) is 32.5 Å². The molecule has 1 spiro atoms. The molecule has 2 fully saturated rings. The van der Waals surface area contributed by atoms with Crippen LogP contribution >= 0.6 is 0 Å². The lowest BCUT2D eigenvalue weighted by Crippen LogP contribution is -2.53. The lowest BCUT2D eigenvalue weighted by atomic mass is 9.88. The van der Waals surface area contributed by atoms with E-state index >= 15 is 0 Å². The van der Waals surface area contributed by atoms with Crippen molar-refractivity contribution in [2.75, 3.05) is 31.6 Å². The molecule has 0 bridgehead atoms. The van der Waals surface area contributed by atoms with E-state index in [0.29, 0.717) is 45.2 Å². The van der Waals surface area contributed by atoms with Gasteiger partial charge in [-0.05, 0) is 26.0 Å². The molecule has 2 aliphatic heterocycles. The first-order chi connectivity index (χ1) is 12.7. The maximum Gasteiger partial charge on any atom is 0.239 e. The molecule has 1 aromatic rings. The van der Waals surface area contributed by atoms with E-state index in [4.69, 9.17) is 9.47 Å². The number of nitrogens with one attached hydrogen (secondary N) is 1. The van der Waals surface area contributed by atoms with Gasteiger partial charge in [-0.1, -0.05) is 0 Å². The summed E-state index contributed by atoms with van der Waals surface area (Å²) in [5.74, 6) is -6.48. The Hall–Kier alpha value is -2.13. The molecule has 0 saturated carbocycles. The first-order valence-electron chi connectivity index (χ1n) is 8.68. The highest BCUT2D eigenvalue weighted by Crippen LogP contribution is 2.33. The van der Waals surface area contributed by atoms with E-state index in [1.54, 1.807) is 0 Å². The normalized spacial score (nSPS) is 19.4. The van der Waals surface area contributed by atoms with Crippen LogP contribution in [0.25, 0.3) is 0 Å². The van der Waals surface area contributed by atoms with Crippen molar-refractivity contribution >= 4 is 17.5 Å². The Morgan fingerprint density at radius 1 is 1.07 bits per heavy atom. The maximum atomic E-state index is 13.8. The molecule has 0 aromatic heterocycles. The van der Waals surface area contributed by atoms with E-state index in [2.05, 4.69) is 5.32 Å². The van der Waals surface area contributed by atoms with E-state index < -0.39 is 46.2 Å². The summed E-state index contributed by atoms with van der Waals surface area (Å²) in [5.41, 5.74) is -2.05. The molecule has 2 amide bonds. The summed E-state index contributed by atoms with van der Waals surface area (Å²) in [4.78, 5) is 26.9.